The summed E-state index contributed by atoms with van der Waals surface area (Å²) in [5, 5.41) is 21.6. The van der Waals surface area contributed by atoms with Gasteiger partial charge in [0.15, 0.2) is 10.0 Å². The van der Waals surface area contributed by atoms with E-state index in [9.17, 15) is 0 Å². The minimum atomic E-state index is 0.313. The highest BCUT2D eigenvalue weighted by Gasteiger charge is 2.22. The normalized spacial score (nSPS) is 14.2. The first-order valence-electron chi connectivity index (χ1n) is 5.33. The molecule has 0 atom stereocenters. The van der Waals surface area contributed by atoms with Crippen LogP contribution in [0.3, 0.4) is 0 Å². The molecule has 0 radical (unpaired) electrons. The highest BCUT2D eigenvalue weighted by Crippen LogP contribution is 2.32. The maximum atomic E-state index is 8.62. The maximum absolute atomic E-state index is 8.62. The number of hydrogen-bond acceptors (Lipinski definition) is 8. The van der Waals surface area contributed by atoms with Crippen molar-refractivity contribution >= 4 is 28.2 Å². The van der Waals surface area contributed by atoms with Gasteiger partial charge in [-0.3, -0.25) is 0 Å². The van der Waals surface area contributed by atoms with E-state index in [1.807, 2.05) is 6.07 Å². The number of nitriles is 1. The monoisotopic (exact) mass is 276 g/mol. The molecule has 6 nitrogen and oxygen atoms in total. The zero-order valence-corrected chi connectivity index (χ0v) is 10.8. The highest BCUT2D eigenvalue weighted by molar-refractivity contribution is 8.01. The number of hydrogen-bond donors (Lipinski definition) is 1. The number of rotatable bonds is 4. The maximum Gasteiger partial charge on any atom is 0.206 e. The van der Waals surface area contributed by atoms with E-state index in [-0.39, 0.29) is 0 Å². The number of anilines is 1. The standard InChI is InChI=1S/C10H8N6S2/c11-3-7-4-13-8(5-12-7)17-10-16-15-9(18-10)14-6-1-2-6/h4-6H,1-2H2,(H,14,15). The summed E-state index contributed by atoms with van der Waals surface area (Å²) in [7, 11) is 0. The van der Waals surface area contributed by atoms with Crippen LogP contribution in [0, 0.1) is 11.3 Å². The van der Waals surface area contributed by atoms with Crippen LogP contribution in [0.15, 0.2) is 21.8 Å². The Morgan fingerprint density at radius 3 is 2.89 bits per heavy atom. The first kappa shape index (κ1) is 11.4. The van der Waals surface area contributed by atoms with Gasteiger partial charge in [-0.1, -0.05) is 11.3 Å². The van der Waals surface area contributed by atoms with Gasteiger partial charge in [-0.2, -0.15) is 5.26 Å². The van der Waals surface area contributed by atoms with Crippen LogP contribution < -0.4 is 5.32 Å². The number of aromatic nitrogens is 4. The van der Waals surface area contributed by atoms with Crippen LogP contribution in [-0.2, 0) is 0 Å². The molecule has 8 heteroatoms. The van der Waals surface area contributed by atoms with Crippen LogP contribution >= 0.6 is 23.1 Å². The summed E-state index contributed by atoms with van der Waals surface area (Å²) < 4.78 is 0.817. The smallest absolute Gasteiger partial charge is 0.206 e. The third-order valence-electron chi connectivity index (χ3n) is 2.25. The molecule has 1 saturated carbocycles. The van der Waals surface area contributed by atoms with E-state index in [1.54, 1.807) is 6.20 Å². The lowest BCUT2D eigenvalue weighted by atomic mass is 10.5. The predicted molar refractivity (Wildman–Crippen MR) is 67.4 cm³/mol. The molecular formula is C10H8N6S2. The minimum Gasteiger partial charge on any atom is -0.357 e. The predicted octanol–water partition coefficient (Wildman–Crippen LogP) is 1.93. The summed E-state index contributed by atoms with van der Waals surface area (Å²) in [6.07, 6.45) is 5.44. The van der Waals surface area contributed by atoms with Crippen LogP contribution in [0.4, 0.5) is 5.13 Å². The minimum absolute atomic E-state index is 0.313. The average molecular weight is 276 g/mol. The second kappa shape index (κ2) is 4.88. The van der Waals surface area contributed by atoms with E-state index >= 15 is 0 Å². The molecule has 1 aliphatic carbocycles. The summed E-state index contributed by atoms with van der Waals surface area (Å²) in [5.41, 5.74) is 0.313. The number of nitrogens with one attached hydrogen (secondary N) is 1. The molecule has 0 spiro atoms. The molecule has 2 aromatic rings. The molecular weight excluding hydrogens is 268 g/mol. The van der Waals surface area contributed by atoms with Crippen molar-refractivity contribution in [3.8, 4) is 6.07 Å². The molecule has 1 fully saturated rings. The van der Waals surface area contributed by atoms with Gasteiger partial charge in [-0.05, 0) is 24.6 Å². The van der Waals surface area contributed by atoms with Crippen LogP contribution in [0.1, 0.15) is 18.5 Å². The Hall–Kier alpha value is -1.72. The van der Waals surface area contributed by atoms with Crippen molar-refractivity contribution in [3.05, 3.63) is 18.1 Å². The molecule has 90 valence electrons. The Kier molecular flexibility index (Phi) is 3.08. The van der Waals surface area contributed by atoms with Crippen molar-refractivity contribution in [2.75, 3.05) is 5.32 Å². The van der Waals surface area contributed by atoms with Crippen molar-refractivity contribution in [1.29, 1.82) is 5.26 Å². The Balaban J connectivity index is 1.67. The third-order valence-corrected chi connectivity index (χ3v) is 4.07. The Morgan fingerprint density at radius 1 is 1.33 bits per heavy atom. The summed E-state index contributed by atoms with van der Waals surface area (Å²) in [6.45, 7) is 0. The van der Waals surface area contributed by atoms with Gasteiger partial charge in [0.05, 0.1) is 12.4 Å². The van der Waals surface area contributed by atoms with Gasteiger partial charge < -0.3 is 5.32 Å². The summed E-state index contributed by atoms with van der Waals surface area (Å²) in [6, 6.07) is 2.51. The fourth-order valence-corrected chi connectivity index (χ4v) is 2.91. The zero-order valence-electron chi connectivity index (χ0n) is 9.20. The molecule has 2 heterocycles. The fraction of sp³-hybridized carbons (Fsp3) is 0.300. The molecule has 1 aliphatic rings. The van der Waals surface area contributed by atoms with Gasteiger partial charge in [0, 0.05) is 6.04 Å². The molecule has 0 saturated heterocycles. The van der Waals surface area contributed by atoms with E-state index in [4.69, 9.17) is 5.26 Å². The lowest BCUT2D eigenvalue weighted by Gasteiger charge is -1.95. The van der Waals surface area contributed by atoms with Gasteiger partial charge in [0.1, 0.15) is 11.1 Å². The first-order valence-corrected chi connectivity index (χ1v) is 6.97. The summed E-state index contributed by atoms with van der Waals surface area (Å²) >= 11 is 2.90. The van der Waals surface area contributed by atoms with Crippen molar-refractivity contribution in [2.45, 2.75) is 28.2 Å². The van der Waals surface area contributed by atoms with E-state index in [0.717, 1.165) is 9.47 Å². The SMILES string of the molecule is N#Cc1cnc(Sc2nnc(NC3CC3)s2)cn1. The zero-order chi connectivity index (χ0) is 12.4. The van der Waals surface area contributed by atoms with Crippen LogP contribution in [0.5, 0.6) is 0 Å². The largest absolute Gasteiger partial charge is 0.357 e. The molecule has 0 aliphatic heterocycles. The lowest BCUT2D eigenvalue weighted by molar-refractivity contribution is 0.985. The molecule has 0 amide bonds. The van der Waals surface area contributed by atoms with Crippen molar-refractivity contribution in [2.24, 2.45) is 0 Å². The second-order valence-corrected chi connectivity index (χ2v) is 5.99. The van der Waals surface area contributed by atoms with Crippen LogP contribution in [0.2, 0.25) is 0 Å². The van der Waals surface area contributed by atoms with Gasteiger partial charge in [0.25, 0.3) is 0 Å². The Labute approximate surface area is 111 Å². The Morgan fingerprint density at radius 2 is 2.22 bits per heavy atom. The summed E-state index contributed by atoms with van der Waals surface area (Å²) in [5.74, 6) is 0. The molecule has 2 aromatic heterocycles. The molecule has 0 unspecified atom stereocenters. The average Bonchev–Trinajstić information content (AvgIpc) is 3.10. The summed E-state index contributed by atoms with van der Waals surface area (Å²) in [4.78, 5) is 8.08. The molecule has 3 rings (SSSR count). The van der Waals surface area contributed by atoms with Crippen LogP contribution in [0.25, 0.3) is 0 Å². The number of nitrogens with zero attached hydrogens (tertiary/aromatic N) is 5. The van der Waals surface area contributed by atoms with E-state index in [1.165, 1.54) is 42.1 Å². The first-order chi connectivity index (χ1) is 8.83. The topological polar surface area (TPSA) is 87.4 Å². The fourth-order valence-electron chi connectivity index (χ4n) is 1.23. The van der Waals surface area contributed by atoms with Crippen molar-refractivity contribution < 1.29 is 0 Å². The molecule has 1 N–H and O–H groups in total. The van der Waals surface area contributed by atoms with Gasteiger partial charge in [-0.25, -0.2) is 9.97 Å². The van der Waals surface area contributed by atoms with Gasteiger partial charge in [-0.15, -0.1) is 10.2 Å². The lowest BCUT2D eigenvalue weighted by Crippen LogP contribution is -1.99. The Bertz CT molecular complexity index is 583. The van der Waals surface area contributed by atoms with Crippen molar-refractivity contribution in [1.82, 2.24) is 20.2 Å². The van der Waals surface area contributed by atoms with Gasteiger partial charge in [0.2, 0.25) is 5.13 Å². The van der Waals surface area contributed by atoms with E-state index < -0.39 is 0 Å². The van der Waals surface area contributed by atoms with Crippen LogP contribution in [-0.4, -0.2) is 26.2 Å². The molecule has 18 heavy (non-hydrogen) atoms. The van der Waals surface area contributed by atoms with Gasteiger partial charge >= 0.3 is 0 Å². The van der Waals surface area contributed by atoms with E-state index in [0.29, 0.717) is 16.8 Å². The van der Waals surface area contributed by atoms with E-state index in [2.05, 4.69) is 25.5 Å². The quantitative estimate of drug-likeness (QED) is 0.912. The highest BCUT2D eigenvalue weighted by atomic mass is 32.2. The molecule has 0 aromatic carbocycles. The third kappa shape index (κ3) is 2.75. The second-order valence-electron chi connectivity index (χ2n) is 3.75. The van der Waals surface area contributed by atoms with Crippen molar-refractivity contribution in [3.63, 3.8) is 0 Å². The molecule has 0 bridgehead atoms.